The van der Waals surface area contributed by atoms with Crippen LogP contribution in [0.15, 0.2) is 30.6 Å². The number of rotatable bonds is 2. The number of hydrogen-bond donors (Lipinski definition) is 0. The lowest BCUT2D eigenvalue weighted by Crippen LogP contribution is -2.37. The molecular weight excluding hydrogens is 254 g/mol. The van der Waals surface area contributed by atoms with Gasteiger partial charge in [0.1, 0.15) is 6.33 Å². The average Bonchev–Trinajstić information content (AvgIpc) is 3.02. The van der Waals surface area contributed by atoms with E-state index in [1.165, 1.54) is 6.33 Å². The van der Waals surface area contributed by atoms with E-state index in [1.54, 1.807) is 4.68 Å². The van der Waals surface area contributed by atoms with E-state index in [0.29, 0.717) is 11.5 Å². The molecule has 0 atom stereocenters. The number of nitrogens with zero attached hydrogens (tertiary/aromatic N) is 5. The summed E-state index contributed by atoms with van der Waals surface area (Å²) in [5.41, 5.74) is 1.48. The minimum Gasteiger partial charge on any atom is -0.339 e. The largest absolute Gasteiger partial charge is 0.339 e. The van der Waals surface area contributed by atoms with Crippen LogP contribution in [-0.2, 0) is 0 Å². The van der Waals surface area contributed by atoms with Crippen LogP contribution in [0.4, 0.5) is 0 Å². The predicted octanol–water partition coefficient (Wildman–Crippen LogP) is 1.53. The molecule has 3 rings (SSSR count). The Bertz CT molecular complexity index is 587. The quantitative estimate of drug-likeness (QED) is 0.831. The molecule has 6 heteroatoms. The Kier molecular flexibility index (Phi) is 3.45. The van der Waals surface area contributed by atoms with Gasteiger partial charge in [-0.1, -0.05) is 13.0 Å². The van der Waals surface area contributed by atoms with Crippen LogP contribution in [0, 0.1) is 5.92 Å². The Morgan fingerprint density at radius 3 is 2.80 bits per heavy atom. The molecule has 104 valence electrons. The van der Waals surface area contributed by atoms with Crippen molar-refractivity contribution in [2.24, 2.45) is 5.92 Å². The van der Waals surface area contributed by atoms with Crippen LogP contribution in [0.25, 0.3) is 5.69 Å². The van der Waals surface area contributed by atoms with Crippen molar-refractivity contribution >= 4 is 5.91 Å². The molecule has 1 fully saturated rings. The van der Waals surface area contributed by atoms with Crippen molar-refractivity contribution in [2.45, 2.75) is 19.8 Å². The minimum atomic E-state index is 0.0897. The predicted molar refractivity (Wildman–Crippen MR) is 73.5 cm³/mol. The van der Waals surface area contributed by atoms with Gasteiger partial charge >= 0.3 is 0 Å². The van der Waals surface area contributed by atoms with E-state index in [4.69, 9.17) is 0 Å². The fourth-order valence-electron chi connectivity index (χ4n) is 2.46. The fraction of sp³-hybridized carbons (Fsp3) is 0.429. The number of carbonyl (C=O) groups excluding carboxylic acids is 1. The molecule has 1 aromatic carbocycles. The Hall–Kier alpha value is -2.24. The molecule has 1 aromatic heterocycles. The molecule has 1 saturated heterocycles. The second-order valence-corrected chi connectivity index (χ2v) is 5.28. The van der Waals surface area contributed by atoms with Crippen molar-refractivity contribution in [3.8, 4) is 5.69 Å². The van der Waals surface area contributed by atoms with E-state index < -0.39 is 0 Å². The van der Waals surface area contributed by atoms with Crippen molar-refractivity contribution < 1.29 is 4.79 Å². The molecule has 0 radical (unpaired) electrons. The van der Waals surface area contributed by atoms with Gasteiger partial charge in [0.25, 0.3) is 5.91 Å². The highest BCUT2D eigenvalue weighted by molar-refractivity contribution is 5.94. The van der Waals surface area contributed by atoms with Crippen LogP contribution in [0.5, 0.6) is 0 Å². The van der Waals surface area contributed by atoms with Gasteiger partial charge in [-0.15, -0.1) is 5.10 Å². The summed E-state index contributed by atoms with van der Waals surface area (Å²) in [5, 5.41) is 11.1. The van der Waals surface area contributed by atoms with Crippen LogP contribution in [0.3, 0.4) is 0 Å². The first-order chi connectivity index (χ1) is 9.74. The summed E-state index contributed by atoms with van der Waals surface area (Å²) in [4.78, 5) is 14.4. The van der Waals surface area contributed by atoms with Crippen LogP contribution in [0.2, 0.25) is 0 Å². The molecule has 20 heavy (non-hydrogen) atoms. The monoisotopic (exact) mass is 271 g/mol. The zero-order valence-electron chi connectivity index (χ0n) is 11.4. The molecule has 1 amide bonds. The molecule has 1 aliphatic heterocycles. The highest BCUT2D eigenvalue weighted by Crippen LogP contribution is 2.19. The van der Waals surface area contributed by atoms with Crippen LogP contribution in [-0.4, -0.2) is 44.1 Å². The van der Waals surface area contributed by atoms with E-state index in [-0.39, 0.29) is 5.91 Å². The number of carbonyl (C=O) groups is 1. The zero-order chi connectivity index (χ0) is 13.9. The van der Waals surface area contributed by atoms with Crippen molar-refractivity contribution in [1.82, 2.24) is 25.1 Å². The molecule has 0 aliphatic carbocycles. The number of likely N-dealkylation sites (tertiary alicyclic amines) is 1. The highest BCUT2D eigenvalue weighted by Gasteiger charge is 2.21. The summed E-state index contributed by atoms with van der Waals surface area (Å²) < 4.78 is 1.55. The van der Waals surface area contributed by atoms with Gasteiger partial charge in [-0.25, -0.2) is 4.68 Å². The Morgan fingerprint density at radius 1 is 1.30 bits per heavy atom. The van der Waals surface area contributed by atoms with Crippen LogP contribution < -0.4 is 0 Å². The maximum atomic E-state index is 12.5. The first-order valence-corrected chi connectivity index (χ1v) is 6.87. The summed E-state index contributed by atoms with van der Waals surface area (Å²) in [6.07, 6.45) is 3.68. The summed E-state index contributed by atoms with van der Waals surface area (Å²) in [7, 11) is 0. The van der Waals surface area contributed by atoms with E-state index in [1.807, 2.05) is 29.2 Å². The lowest BCUT2D eigenvalue weighted by atomic mass is 9.98. The zero-order valence-corrected chi connectivity index (χ0v) is 11.4. The molecule has 0 N–H and O–H groups in total. The lowest BCUT2D eigenvalue weighted by Gasteiger charge is -2.30. The van der Waals surface area contributed by atoms with E-state index in [0.717, 1.165) is 31.6 Å². The summed E-state index contributed by atoms with van der Waals surface area (Å²) in [6, 6.07) is 7.41. The second kappa shape index (κ2) is 5.40. The second-order valence-electron chi connectivity index (χ2n) is 5.28. The van der Waals surface area contributed by atoms with Gasteiger partial charge in [0.15, 0.2) is 0 Å². The molecule has 0 bridgehead atoms. The van der Waals surface area contributed by atoms with Crippen molar-refractivity contribution in [1.29, 1.82) is 0 Å². The number of tetrazole rings is 1. The normalized spacial score (nSPS) is 16.4. The van der Waals surface area contributed by atoms with Gasteiger partial charge in [-0.3, -0.25) is 4.79 Å². The summed E-state index contributed by atoms with van der Waals surface area (Å²) in [5.74, 6) is 0.804. The maximum absolute atomic E-state index is 12.5. The van der Waals surface area contributed by atoms with Crippen molar-refractivity contribution in [3.63, 3.8) is 0 Å². The molecular formula is C14H17N5O. The molecule has 1 aliphatic rings. The smallest absolute Gasteiger partial charge is 0.253 e. The third kappa shape index (κ3) is 2.54. The molecule has 0 unspecified atom stereocenters. The van der Waals surface area contributed by atoms with Gasteiger partial charge < -0.3 is 4.90 Å². The molecule has 0 spiro atoms. The first kappa shape index (κ1) is 12.8. The van der Waals surface area contributed by atoms with Crippen LogP contribution >= 0.6 is 0 Å². The Morgan fingerprint density at radius 2 is 2.10 bits per heavy atom. The maximum Gasteiger partial charge on any atom is 0.253 e. The number of benzene rings is 1. The molecule has 2 heterocycles. The van der Waals surface area contributed by atoms with Gasteiger partial charge in [-0.2, -0.15) is 0 Å². The SMILES string of the molecule is CC1CCN(C(=O)c2cccc(-n3cnnn3)c2)CC1. The number of piperidine rings is 1. The lowest BCUT2D eigenvalue weighted by molar-refractivity contribution is 0.0697. The average molecular weight is 271 g/mol. The molecule has 2 aromatic rings. The van der Waals surface area contributed by atoms with Gasteiger partial charge in [0.2, 0.25) is 0 Å². The fourth-order valence-corrected chi connectivity index (χ4v) is 2.46. The third-order valence-corrected chi connectivity index (χ3v) is 3.78. The summed E-state index contributed by atoms with van der Waals surface area (Å²) >= 11 is 0. The third-order valence-electron chi connectivity index (χ3n) is 3.78. The van der Waals surface area contributed by atoms with E-state index in [2.05, 4.69) is 22.4 Å². The Balaban J connectivity index is 1.80. The number of aromatic nitrogens is 4. The van der Waals surface area contributed by atoms with Gasteiger partial charge in [0, 0.05) is 18.7 Å². The molecule has 0 saturated carbocycles. The van der Waals surface area contributed by atoms with Gasteiger partial charge in [0.05, 0.1) is 5.69 Å². The van der Waals surface area contributed by atoms with E-state index in [9.17, 15) is 4.79 Å². The number of amides is 1. The van der Waals surface area contributed by atoms with Crippen LogP contribution in [0.1, 0.15) is 30.1 Å². The van der Waals surface area contributed by atoms with E-state index >= 15 is 0 Å². The van der Waals surface area contributed by atoms with Crippen molar-refractivity contribution in [3.05, 3.63) is 36.2 Å². The molecule has 6 nitrogen and oxygen atoms in total. The highest BCUT2D eigenvalue weighted by atomic mass is 16.2. The first-order valence-electron chi connectivity index (χ1n) is 6.87. The topological polar surface area (TPSA) is 63.9 Å². The number of hydrogen-bond acceptors (Lipinski definition) is 4. The standard InChI is InChI=1S/C14H17N5O/c1-11-5-7-18(8-6-11)14(20)12-3-2-4-13(9-12)19-10-15-16-17-19/h2-4,9-11H,5-8H2,1H3. The van der Waals surface area contributed by atoms with Gasteiger partial charge in [-0.05, 0) is 47.4 Å². The summed E-state index contributed by atoms with van der Waals surface area (Å²) in [6.45, 7) is 3.92. The Labute approximate surface area is 117 Å². The minimum absolute atomic E-state index is 0.0897. The van der Waals surface area contributed by atoms with Crippen molar-refractivity contribution in [2.75, 3.05) is 13.1 Å².